The standard InChI is InChI=1S/C9H9FN2O/c10-8-3-2-7(11)5-6(8)1-4-9(12)13/h1-5H,11H2,(H2,12,13). The first-order chi connectivity index (χ1) is 6.09. The first-order valence-electron chi connectivity index (χ1n) is 3.62. The largest absolute Gasteiger partial charge is 0.399 e. The Morgan fingerprint density at radius 1 is 1.46 bits per heavy atom. The predicted molar refractivity (Wildman–Crippen MR) is 49.0 cm³/mol. The Morgan fingerprint density at radius 2 is 2.15 bits per heavy atom. The Bertz CT molecular complexity index is 361. The molecule has 1 rings (SSSR count). The second kappa shape index (κ2) is 3.71. The van der Waals surface area contributed by atoms with Gasteiger partial charge in [-0.15, -0.1) is 0 Å². The maximum absolute atomic E-state index is 13.0. The number of primary amides is 1. The van der Waals surface area contributed by atoms with Crippen LogP contribution in [0.15, 0.2) is 24.3 Å². The average Bonchev–Trinajstić information content (AvgIpc) is 2.06. The number of hydrogen-bond acceptors (Lipinski definition) is 2. The molecule has 0 radical (unpaired) electrons. The van der Waals surface area contributed by atoms with Crippen LogP contribution in [0.25, 0.3) is 6.08 Å². The van der Waals surface area contributed by atoms with Gasteiger partial charge in [0.05, 0.1) is 0 Å². The van der Waals surface area contributed by atoms with Crippen molar-refractivity contribution in [2.75, 3.05) is 5.73 Å². The van der Waals surface area contributed by atoms with E-state index in [1.54, 1.807) is 0 Å². The van der Waals surface area contributed by atoms with Gasteiger partial charge in [0.1, 0.15) is 5.82 Å². The molecule has 0 aromatic heterocycles. The van der Waals surface area contributed by atoms with Gasteiger partial charge < -0.3 is 11.5 Å². The Morgan fingerprint density at radius 3 is 2.77 bits per heavy atom. The molecule has 0 spiro atoms. The summed E-state index contributed by atoms with van der Waals surface area (Å²) in [5.74, 6) is -1.06. The summed E-state index contributed by atoms with van der Waals surface area (Å²) in [5, 5.41) is 0. The maximum atomic E-state index is 13.0. The number of benzene rings is 1. The summed E-state index contributed by atoms with van der Waals surface area (Å²) in [4.78, 5) is 10.4. The van der Waals surface area contributed by atoms with E-state index in [1.165, 1.54) is 24.3 Å². The summed E-state index contributed by atoms with van der Waals surface area (Å²) in [6, 6.07) is 4.10. The van der Waals surface area contributed by atoms with Crippen molar-refractivity contribution in [3.8, 4) is 0 Å². The van der Waals surface area contributed by atoms with Gasteiger partial charge in [-0.3, -0.25) is 4.79 Å². The molecule has 0 saturated carbocycles. The van der Waals surface area contributed by atoms with E-state index in [-0.39, 0.29) is 5.56 Å². The van der Waals surface area contributed by atoms with Crippen LogP contribution < -0.4 is 11.5 Å². The summed E-state index contributed by atoms with van der Waals surface area (Å²) in [5.41, 5.74) is 11.0. The molecule has 0 heterocycles. The molecule has 0 bridgehead atoms. The number of anilines is 1. The first kappa shape index (κ1) is 9.25. The number of halogens is 1. The lowest BCUT2D eigenvalue weighted by molar-refractivity contribution is -0.113. The van der Waals surface area contributed by atoms with Crippen molar-refractivity contribution >= 4 is 17.7 Å². The highest BCUT2D eigenvalue weighted by atomic mass is 19.1. The van der Waals surface area contributed by atoms with E-state index < -0.39 is 11.7 Å². The molecule has 4 N–H and O–H groups in total. The van der Waals surface area contributed by atoms with Crippen molar-refractivity contribution in [1.82, 2.24) is 0 Å². The molecule has 1 amide bonds. The minimum atomic E-state index is -0.623. The lowest BCUT2D eigenvalue weighted by Gasteiger charge is -1.97. The summed E-state index contributed by atoms with van der Waals surface area (Å²) < 4.78 is 13.0. The lowest BCUT2D eigenvalue weighted by Crippen LogP contribution is -2.05. The predicted octanol–water partition coefficient (Wildman–Crippen LogP) is 0.906. The molecule has 0 aliphatic heterocycles. The summed E-state index contributed by atoms with van der Waals surface area (Å²) >= 11 is 0. The Balaban J connectivity index is 3.00. The molecule has 0 atom stereocenters. The zero-order chi connectivity index (χ0) is 9.84. The fourth-order valence-corrected chi connectivity index (χ4v) is 0.862. The highest BCUT2D eigenvalue weighted by Crippen LogP contribution is 2.13. The van der Waals surface area contributed by atoms with Crippen molar-refractivity contribution in [2.45, 2.75) is 0 Å². The van der Waals surface area contributed by atoms with Crippen molar-refractivity contribution in [1.29, 1.82) is 0 Å². The third kappa shape index (κ3) is 2.59. The normalized spacial score (nSPS) is 10.5. The van der Waals surface area contributed by atoms with Crippen LogP contribution in [-0.4, -0.2) is 5.91 Å². The van der Waals surface area contributed by atoms with Gasteiger partial charge in [-0.1, -0.05) is 0 Å². The molecule has 3 nitrogen and oxygen atoms in total. The molecule has 13 heavy (non-hydrogen) atoms. The molecule has 1 aromatic carbocycles. The second-order valence-corrected chi connectivity index (χ2v) is 2.52. The summed E-state index contributed by atoms with van der Waals surface area (Å²) in [6.45, 7) is 0. The summed E-state index contributed by atoms with van der Waals surface area (Å²) in [6.07, 6.45) is 2.37. The molecule has 1 aromatic rings. The Labute approximate surface area is 74.8 Å². The third-order valence-electron chi connectivity index (χ3n) is 1.45. The van der Waals surface area contributed by atoms with Crippen molar-refractivity contribution in [3.63, 3.8) is 0 Å². The topological polar surface area (TPSA) is 69.1 Å². The van der Waals surface area contributed by atoms with Crippen LogP contribution >= 0.6 is 0 Å². The molecular weight excluding hydrogens is 171 g/mol. The molecule has 0 unspecified atom stereocenters. The van der Waals surface area contributed by atoms with Crippen molar-refractivity contribution in [2.24, 2.45) is 5.73 Å². The third-order valence-corrected chi connectivity index (χ3v) is 1.45. The number of carbonyl (C=O) groups is 1. The zero-order valence-electron chi connectivity index (χ0n) is 6.83. The van der Waals surface area contributed by atoms with Crippen LogP contribution in [-0.2, 0) is 4.79 Å². The highest BCUT2D eigenvalue weighted by molar-refractivity contribution is 5.90. The number of nitrogen functional groups attached to an aromatic ring is 1. The smallest absolute Gasteiger partial charge is 0.241 e. The molecule has 68 valence electrons. The van der Waals surface area contributed by atoms with Gasteiger partial charge >= 0.3 is 0 Å². The van der Waals surface area contributed by atoms with Crippen LogP contribution in [0.4, 0.5) is 10.1 Å². The number of rotatable bonds is 2. The maximum Gasteiger partial charge on any atom is 0.241 e. The van der Waals surface area contributed by atoms with E-state index in [0.717, 1.165) is 6.08 Å². The van der Waals surface area contributed by atoms with Crippen LogP contribution in [0, 0.1) is 5.82 Å². The minimum absolute atomic E-state index is 0.249. The van der Waals surface area contributed by atoms with E-state index >= 15 is 0 Å². The second-order valence-electron chi connectivity index (χ2n) is 2.52. The quantitative estimate of drug-likeness (QED) is 0.524. The number of carbonyl (C=O) groups excluding carboxylic acids is 1. The van der Waals surface area contributed by atoms with Gasteiger partial charge in [-0.25, -0.2) is 4.39 Å². The fraction of sp³-hybridized carbons (Fsp3) is 0. The molecule has 0 aliphatic rings. The monoisotopic (exact) mass is 180 g/mol. The van der Waals surface area contributed by atoms with Gasteiger partial charge in [0.15, 0.2) is 0 Å². The van der Waals surface area contributed by atoms with Crippen LogP contribution in [0.5, 0.6) is 0 Å². The zero-order valence-corrected chi connectivity index (χ0v) is 6.83. The minimum Gasteiger partial charge on any atom is -0.399 e. The van der Waals surface area contributed by atoms with E-state index in [9.17, 15) is 9.18 Å². The van der Waals surface area contributed by atoms with Crippen molar-refractivity contribution < 1.29 is 9.18 Å². The number of amides is 1. The van der Waals surface area contributed by atoms with Crippen molar-refractivity contribution in [3.05, 3.63) is 35.7 Å². The van der Waals surface area contributed by atoms with Gasteiger partial charge in [0.25, 0.3) is 0 Å². The fourth-order valence-electron chi connectivity index (χ4n) is 0.862. The summed E-state index contributed by atoms with van der Waals surface area (Å²) in [7, 11) is 0. The highest BCUT2D eigenvalue weighted by Gasteiger charge is 1.98. The lowest BCUT2D eigenvalue weighted by atomic mass is 10.2. The molecule has 0 fully saturated rings. The first-order valence-corrected chi connectivity index (χ1v) is 3.62. The van der Waals surface area contributed by atoms with Crippen LogP contribution in [0.2, 0.25) is 0 Å². The van der Waals surface area contributed by atoms with E-state index in [0.29, 0.717) is 5.69 Å². The molecule has 0 aliphatic carbocycles. The van der Waals surface area contributed by atoms with Crippen LogP contribution in [0.3, 0.4) is 0 Å². The van der Waals surface area contributed by atoms with E-state index in [2.05, 4.69) is 0 Å². The Kier molecular flexibility index (Phi) is 2.64. The SMILES string of the molecule is NC(=O)C=Cc1cc(N)ccc1F. The molecular formula is C9H9FN2O. The average molecular weight is 180 g/mol. The van der Waals surface area contributed by atoms with Gasteiger partial charge in [0.2, 0.25) is 5.91 Å². The number of hydrogen-bond donors (Lipinski definition) is 2. The Hall–Kier alpha value is -1.84. The van der Waals surface area contributed by atoms with E-state index in [4.69, 9.17) is 11.5 Å². The van der Waals surface area contributed by atoms with Gasteiger partial charge in [-0.05, 0) is 24.3 Å². The number of nitrogens with two attached hydrogens (primary N) is 2. The van der Waals surface area contributed by atoms with Gasteiger partial charge in [0, 0.05) is 17.3 Å². The molecule has 0 saturated heterocycles. The van der Waals surface area contributed by atoms with Gasteiger partial charge in [-0.2, -0.15) is 0 Å². The molecule has 4 heteroatoms. The van der Waals surface area contributed by atoms with Crippen LogP contribution in [0.1, 0.15) is 5.56 Å². The van der Waals surface area contributed by atoms with E-state index in [1.807, 2.05) is 0 Å².